The summed E-state index contributed by atoms with van der Waals surface area (Å²) >= 11 is 0. The van der Waals surface area contributed by atoms with Gasteiger partial charge < -0.3 is 19.0 Å². The second-order valence-electron chi connectivity index (χ2n) is 6.14. The van der Waals surface area contributed by atoms with E-state index in [1.807, 2.05) is 37.3 Å². The van der Waals surface area contributed by atoms with Crippen molar-refractivity contribution >= 4 is 0 Å². The van der Waals surface area contributed by atoms with Gasteiger partial charge in [0.15, 0.2) is 11.9 Å². The second-order valence-corrected chi connectivity index (χ2v) is 6.14. The third kappa shape index (κ3) is 3.33. The first-order chi connectivity index (χ1) is 12.2. The standard InChI is InChI=1S/C18H20N4O3/c1-11-15(21-17(24-11)13-6-4-3-5-7-13)10-19-14-8-9-23-16(14)18-20-12(2)22-25-18/h3-7,14,16,19H,8-10H2,1-2H3/t14-,16+/m0/s1. The van der Waals surface area contributed by atoms with Crippen molar-refractivity contribution in [3.63, 3.8) is 0 Å². The molecule has 7 heteroatoms. The maximum atomic E-state index is 5.81. The number of benzene rings is 1. The molecule has 1 fully saturated rings. The summed E-state index contributed by atoms with van der Waals surface area (Å²) in [5.41, 5.74) is 1.87. The number of nitrogens with zero attached hydrogens (tertiary/aromatic N) is 3. The lowest BCUT2D eigenvalue weighted by Crippen LogP contribution is -2.31. The monoisotopic (exact) mass is 340 g/mol. The molecule has 130 valence electrons. The van der Waals surface area contributed by atoms with Crippen LogP contribution in [0.15, 0.2) is 39.3 Å². The van der Waals surface area contributed by atoms with E-state index in [2.05, 4.69) is 20.4 Å². The van der Waals surface area contributed by atoms with Crippen LogP contribution in [0.25, 0.3) is 11.5 Å². The van der Waals surface area contributed by atoms with Crippen molar-refractivity contribution in [2.24, 2.45) is 0 Å². The average Bonchev–Trinajstić information content (AvgIpc) is 3.33. The Morgan fingerprint density at radius 2 is 2.00 bits per heavy atom. The van der Waals surface area contributed by atoms with Gasteiger partial charge in [0, 0.05) is 24.8 Å². The summed E-state index contributed by atoms with van der Waals surface area (Å²) in [5.74, 6) is 2.59. The summed E-state index contributed by atoms with van der Waals surface area (Å²) in [6, 6.07) is 10.00. The molecule has 1 aliphatic heterocycles. The zero-order valence-electron chi connectivity index (χ0n) is 14.2. The Hall–Kier alpha value is -2.51. The maximum Gasteiger partial charge on any atom is 0.257 e. The molecule has 0 amide bonds. The molecule has 1 saturated heterocycles. The minimum absolute atomic E-state index is 0.108. The quantitative estimate of drug-likeness (QED) is 0.764. The van der Waals surface area contributed by atoms with Crippen molar-refractivity contribution in [1.82, 2.24) is 20.4 Å². The molecule has 4 rings (SSSR count). The van der Waals surface area contributed by atoms with Crippen LogP contribution in [0.1, 0.15) is 35.7 Å². The van der Waals surface area contributed by atoms with Gasteiger partial charge in [-0.1, -0.05) is 23.4 Å². The molecular formula is C18H20N4O3. The van der Waals surface area contributed by atoms with Crippen LogP contribution >= 0.6 is 0 Å². The Bertz CT molecular complexity index is 843. The Morgan fingerprint density at radius 3 is 2.76 bits per heavy atom. The van der Waals surface area contributed by atoms with Crippen molar-refractivity contribution < 1.29 is 13.7 Å². The fourth-order valence-corrected chi connectivity index (χ4v) is 2.99. The molecule has 0 unspecified atom stereocenters. The number of nitrogens with one attached hydrogen (secondary N) is 1. The summed E-state index contributed by atoms with van der Waals surface area (Å²) in [6.45, 7) is 4.99. The molecule has 2 aromatic heterocycles. The molecule has 1 N–H and O–H groups in total. The van der Waals surface area contributed by atoms with E-state index in [0.717, 1.165) is 23.4 Å². The topological polar surface area (TPSA) is 86.2 Å². The molecule has 0 saturated carbocycles. The highest BCUT2D eigenvalue weighted by Crippen LogP contribution is 2.28. The zero-order chi connectivity index (χ0) is 17.2. The Morgan fingerprint density at radius 1 is 1.16 bits per heavy atom. The molecule has 0 radical (unpaired) electrons. The molecule has 7 nitrogen and oxygen atoms in total. The third-order valence-corrected chi connectivity index (χ3v) is 4.32. The summed E-state index contributed by atoms with van der Waals surface area (Å²) in [5, 5.41) is 7.33. The average molecular weight is 340 g/mol. The van der Waals surface area contributed by atoms with Crippen molar-refractivity contribution in [2.75, 3.05) is 6.61 Å². The highest BCUT2D eigenvalue weighted by atomic mass is 16.5. The minimum atomic E-state index is -0.220. The highest BCUT2D eigenvalue weighted by Gasteiger charge is 2.33. The SMILES string of the molecule is Cc1noc([C@@H]2OCC[C@@H]2NCc2nc(-c3ccccc3)oc2C)n1. The van der Waals surface area contributed by atoms with Gasteiger partial charge >= 0.3 is 0 Å². The fraction of sp³-hybridized carbons (Fsp3) is 0.389. The number of hydrogen-bond acceptors (Lipinski definition) is 7. The van der Waals surface area contributed by atoms with Crippen LogP contribution < -0.4 is 5.32 Å². The summed E-state index contributed by atoms with van der Waals surface area (Å²) < 4.78 is 16.8. The number of aromatic nitrogens is 3. The minimum Gasteiger partial charge on any atom is -0.441 e. The molecular weight excluding hydrogens is 320 g/mol. The van der Waals surface area contributed by atoms with E-state index in [1.165, 1.54) is 0 Å². The van der Waals surface area contributed by atoms with Crippen LogP contribution in [0.5, 0.6) is 0 Å². The van der Waals surface area contributed by atoms with Crippen LogP contribution in [-0.2, 0) is 11.3 Å². The maximum absolute atomic E-state index is 5.81. The number of rotatable bonds is 5. The Kier molecular flexibility index (Phi) is 4.33. The van der Waals surface area contributed by atoms with E-state index in [9.17, 15) is 0 Å². The predicted octanol–water partition coefficient (Wildman–Crippen LogP) is 2.96. The second kappa shape index (κ2) is 6.78. The van der Waals surface area contributed by atoms with Crippen molar-refractivity contribution in [2.45, 2.75) is 39.0 Å². The van der Waals surface area contributed by atoms with Crippen molar-refractivity contribution in [3.8, 4) is 11.5 Å². The summed E-state index contributed by atoms with van der Waals surface area (Å²) in [6.07, 6.45) is 0.663. The van der Waals surface area contributed by atoms with Crippen LogP contribution in [0, 0.1) is 13.8 Å². The molecule has 0 bridgehead atoms. The van der Waals surface area contributed by atoms with Gasteiger partial charge in [-0.2, -0.15) is 4.98 Å². The van der Waals surface area contributed by atoms with Crippen LogP contribution in [0.2, 0.25) is 0 Å². The van der Waals surface area contributed by atoms with Crippen molar-refractivity contribution in [1.29, 1.82) is 0 Å². The number of hydrogen-bond donors (Lipinski definition) is 1. The summed E-state index contributed by atoms with van der Waals surface area (Å²) in [7, 11) is 0. The third-order valence-electron chi connectivity index (χ3n) is 4.32. The highest BCUT2D eigenvalue weighted by molar-refractivity contribution is 5.53. The number of ether oxygens (including phenoxy) is 1. The van der Waals surface area contributed by atoms with Gasteiger partial charge in [0.05, 0.1) is 5.69 Å². The fourth-order valence-electron chi connectivity index (χ4n) is 2.99. The lowest BCUT2D eigenvalue weighted by atomic mass is 10.1. The first kappa shape index (κ1) is 16.0. The van der Waals surface area contributed by atoms with Crippen molar-refractivity contribution in [3.05, 3.63) is 53.5 Å². The van der Waals surface area contributed by atoms with Gasteiger partial charge in [-0.3, -0.25) is 0 Å². The first-order valence-electron chi connectivity index (χ1n) is 8.37. The van der Waals surface area contributed by atoms with Gasteiger partial charge in [-0.15, -0.1) is 0 Å². The van der Waals surface area contributed by atoms with Crippen LogP contribution in [0.3, 0.4) is 0 Å². The van der Waals surface area contributed by atoms with Gasteiger partial charge in [0.2, 0.25) is 5.89 Å². The Labute approximate surface area is 145 Å². The number of aryl methyl sites for hydroxylation is 2. The van der Waals surface area contributed by atoms with E-state index in [0.29, 0.717) is 30.8 Å². The van der Waals surface area contributed by atoms with E-state index in [4.69, 9.17) is 13.7 Å². The smallest absolute Gasteiger partial charge is 0.257 e. The normalized spacial score (nSPS) is 20.2. The van der Waals surface area contributed by atoms with Gasteiger partial charge in [0.1, 0.15) is 5.76 Å². The molecule has 1 aromatic carbocycles. The molecule has 2 atom stereocenters. The van der Waals surface area contributed by atoms with Gasteiger partial charge in [-0.25, -0.2) is 4.98 Å². The molecule has 3 aromatic rings. The lowest BCUT2D eigenvalue weighted by molar-refractivity contribution is 0.0704. The lowest BCUT2D eigenvalue weighted by Gasteiger charge is -2.15. The molecule has 0 aliphatic carbocycles. The van der Waals surface area contributed by atoms with E-state index >= 15 is 0 Å². The molecule has 0 spiro atoms. The zero-order valence-corrected chi connectivity index (χ0v) is 14.2. The van der Waals surface area contributed by atoms with E-state index < -0.39 is 0 Å². The molecule has 25 heavy (non-hydrogen) atoms. The molecule has 3 heterocycles. The first-order valence-corrected chi connectivity index (χ1v) is 8.37. The summed E-state index contributed by atoms with van der Waals surface area (Å²) in [4.78, 5) is 8.90. The largest absolute Gasteiger partial charge is 0.441 e. The van der Waals surface area contributed by atoms with E-state index in [-0.39, 0.29) is 12.1 Å². The van der Waals surface area contributed by atoms with Gasteiger partial charge in [0.25, 0.3) is 5.89 Å². The molecule has 1 aliphatic rings. The van der Waals surface area contributed by atoms with Crippen LogP contribution in [0.4, 0.5) is 0 Å². The predicted molar refractivity (Wildman–Crippen MR) is 89.6 cm³/mol. The van der Waals surface area contributed by atoms with E-state index in [1.54, 1.807) is 6.92 Å². The van der Waals surface area contributed by atoms with Crippen LogP contribution in [-0.4, -0.2) is 27.8 Å². The number of oxazole rings is 1. The van der Waals surface area contributed by atoms with Gasteiger partial charge in [-0.05, 0) is 32.4 Å². The Balaban J connectivity index is 1.45.